The van der Waals surface area contributed by atoms with Crippen molar-refractivity contribution in [2.45, 2.75) is 12.8 Å². The molecule has 1 rings (SSSR count). The first-order valence-corrected chi connectivity index (χ1v) is 4.82. The van der Waals surface area contributed by atoms with E-state index in [1.165, 1.54) is 5.56 Å². The summed E-state index contributed by atoms with van der Waals surface area (Å²) in [5.41, 5.74) is 7.74. The lowest BCUT2D eigenvalue weighted by atomic mass is 10.1. The maximum Gasteiger partial charge on any atom is 0.0575 e. The van der Waals surface area contributed by atoms with Gasteiger partial charge >= 0.3 is 0 Å². The first-order chi connectivity index (χ1) is 6.72. The Morgan fingerprint density at radius 3 is 2.50 bits per heavy atom. The van der Waals surface area contributed by atoms with Gasteiger partial charge in [0.25, 0.3) is 0 Å². The molecule has 0 atom stereocenters. The van der Waals surface area contributed by atoms with Crippen LogP contribution in [-0.4, -0.2) is 25.8 Å². The van der Waals surface area contributed by atoms with E-state index in [1.807, 2.05) is 24.2 Å². The monoisotopic (exact) mass is 194 g/mol. The van der Waals surface area contributed by atoms with Gasteiger partial charge in [-0.2, -0.15) is 5.06 Å². The van der Waals surface area contributed by atoms with Crippen LogP contribution in [0.3, 0.4) is 0 Å². The van der Waals surface area contributed by atoms with Crippen LogP contribution in [0.25, 0.3) is 0 Å². The SMILES string of the molecule is CON(C)CCCc1ccc(N)cc1. The maximum absolute atomic E-state index is 5.60. The third-order valence-corrected chi connectivity index (χ3v) is 2.23. The molecule has 0 fully saturated rings. The van der Waals surface area contributed by atoms with Gasteiger partial charge in [-0.15, -0.1) is 0 Å². The van der Waals surface area contributed by atoms with Crippen molar-refractivity contribution in [3.63, 3.8) is 0 Å². The summed E-state index contributed by atoms with van der Waals surface area (Å²) >= 11 is 0. The molecule has 0 aliphatic rings. The number of aryl methyl sites for hydroxylation is 1. The van der Waals surface area contributed by atoms with Crippen LogP contribution in [0.1, 0.15) is 12.0 Å². The van der Waals surface area contributed by atoms with Gasteiger partial charge in [0.2, 0.25) is 0 Å². The van der Waals surface area contributed by atoms with Gasteiger partial charge in [-0.05, 0) is 30.5 Å². The van der Waals surface area contributed by atoms with Crippen LogP contribution in [0.5, 0.6) is 0 Å². The standard InChI is InChI=1S/C11H18N2O/c1-13(14-2)9-3-4-10-5-7-11(12)8-6-10/h5-8H,3-4,9,12H2,1-2H3. The summed E-state index contributed by atoms with van der Waals surface area (Å²) < 4.78 is 0. The van der Waals surface area contributed by atoms with Crippen LogP contribution in [0.4, 0.5) is 5.69 Å². The maximum atomic E-state index is 5.60. The summed E-state index contributed by atoms with van der Waals surface area (Å²) in [6.45, 7) is 0.945. The second-order valence-corrected chi connectivity index (χ2v) is 3.38. The molecule has 2 N–H and O–H groups in total. The predicted octanol–water partition coefficient (Wildman–Crippen LogP) is 1.69. The van der Waals surface area contributed by atoms with E-state index in [0.29, 0.717) is 0 Å². The van der Waals surface area contributed by atoms with Crippen LogP contribution in [0.15, 0.2) is 24.3 Å². The van der Waals surface area contributed by atoms with E-state index >= 15 is 0 Å². The molecule has 0 heterocycles. The molecular formula is C11H18N2O. The first kappa shape index (κ1) is 11.0. The summed E-state index contributed by atoms with van der Waals surface area (Å²) in [6.07, 6.45) is 2.15. The van der Waals surface area contributed by atoms with E-state index in [-0.39, 0.29) is 0 Å². The third kappa shape index (κ3) is 3.77. The van der Waals surface area contributed by atoms with Crippen LogP contribution < -0.4 is 5.73 Å². The van der Waals surface area contributed by atoms with E-state index < -0.39 is 0 Å². The number of anilines is 1. The zero-order valence-corrected chi connectivity index (χ0v) is 8.86. The fourth-order valence-electron chi connectivity index (χ4n) is 1.28. The van der Waals surface area contributed by atoms with E-state index in [9.17, 15) is 0 Å². The fraction of sp³-hybridized carbons (Fsp3) is 0.455. The summed E-state index contributed by atoms with van der Waals surface area (Å²) in [6, 6.07) is 8.02. The molecular weight excluding hydrogens is 176 g/mol. The van der Waals surface area contributed by atoms with E-state index in [4.69, 9.17) is 10.6 Å². The fourth-order valence-corrected chi connectivity index (χ4v) is 1.28. The Bertz CT molecular complexity index is 258. The van der Waals surface area contributed by atoms with Gasteiger partial charge in [-0.3, -0.25) is 0 Å². The molecule has 0 saturated carbocycles. The Kier molecular flexibility index (Phi) is 4.43. The summed E-state index contributed by atoms with van der Waals surface area (Å²) in [7, 11) is 3.62. The normalized spacial score (nSPS) is 10.8. The lowest BCUT2D eigenvalue weighted by Crippen LogP contribution is -2.18. The van der Waals surface area contributed by atoms with Crippen molar-refractivity contribution in [2.75, 3.05) is 26.4 Å². The molecule has 0 unspecified atom stereocenters. The Labute approximate surface area is 85.4 Å². The summed E-state index contributed by atoms with van der Waals surface area (Å²) in [4.78, 5) is 5.02. The summed E-state index contributed by atoms with van der Waals surface area (Å²) in [5.74, 6) is 0. The number of nitrogen functional groups attached to an aromatic ring is 1. The minimum absolute atomic E-state index is 0.822. The molecule has 14 heavy (non-hydrogen) atoms. The second kappa shape index (κ2) is 5.62. The Morgan fingerprint density at radius 2 is 1.93 bits per heavy atom. The van der Waals surface area contributed by atoms with Gasteiger partial charge in [-0.25, -0.2) is 0 Å². The minimum Gasteiger partial charge on any atom is -0.399 e. The quantitative estimate of drug-likeness (QED) is 0.572. The van der Waals surface area contributed by atoms with Crippen LogP contribution in [-0.2, 0) is 11.3 Å². The number of rotatable bonds is 5. The molecule has 0 aliphatic carbocycles. The molecule has 0 radical (unpaired) electrons. The smallest absolute Gasteiger partial charge is 0.0575 e. The Hall–Kier alpha value is -1.06. The first-order valence-electron chi connectivity index (χ1n) is 4.82. The van der Waals surface area contributed by atoms with Crippen molar-refractivity contribution in [3.05, 3.63) is 29.8 Å². The summed E-state index contributed by atoms with van der Waals surface area (Å²) in [5, 5.41) is 1.83. The van der Waals surface area contributed by atoms with Gasteiger partial charge in [-0.1, -0.05) is 12.1 Å². The van der Waals surface area contributed by atoms with E-state index in [0.717, 1.165) is 25.1 Å². The number of hydrogen-bond acceptors (Lipinski definition) is 3. The lowest BCUT2D eigenvalue weighted by Gasteiger charge is -2.12. The van der Waals surface area contributed by atoms with Crippen LogP contribution in [0.2, 0.25) is 0 Å². The zero-order chi connectivity index (χ0) is 10.4. The highest BCUT2D eigenvalue weighted by atomic mass is 16.7. The van der Waals surface area contributed by atoms with Crippen molar-refractivity contribution < 1.29 is 4.84 Å². The van der Waals surface area contributed by atoms with E-state index in [1.54, 1.807) is 7.11 Å². The molecule has 0 spiro atoms. The second-order valence-electron chi connectivity index (χ2n) is 3.38. The van der Waals surface area contributed by atoms with Gasteiger partial charge in [0.05, 0.1) is 7.11 Å². The molecule has 1 aromatic rings. The molecule has 78 valence electrons. The number of hydroxylamine groups is 2. The van der Waals surface area contributed by atoms with Gasteiger partial charge in [0, 0.05) is 19.3 Å². The van der Waals surface area contributed by atoms with Gasteiger partial charge < -0.3 is 10.6 Å². The largest absolute Gasteiger partial charge is 0.399 e. The molecule has 3 heteroatoms. The Morgan fingerprint density at radius 1 is 1.29 bits per heavy atom. The van der Waals surface area contributed by atoms with Crippen LogP contribution >= 0.6 is 0 Å². The predicted molar refractivity (Wildman–Crippen MR) is 58.8 cm³/mol. The van der Waals surface area contributed by atoms with Crippen molar-refractivity contribution >= 4 is 5.69 Å². The average molecular weight is 194 g/mol. The molecule has 1 aromatic carbocycles. The Balaban J connectivity index is 2.28. The highest BCUT2D eigenvalue weighted by molar-refractivity contribution is 5.39. The molecule has 0 aliphatic heterocycles. The number of hydrogen-bond donors (Lipinski definition) is 1. The van der Waals surface area contributed by atoms with Crippen molar-refractivity contribution in [1.29, 1.82) is 0 Å². The van der Waals surface area contributed by atoms with Crippen molar-refractivity contribution in [2.24, 2.45) is 0 Å². The van der Waals surface area contributed by atoms with Crippen molar-refractivity contribution in [3.8, 4) is 0 Å². The van der Waals surface area contributed by atoms with E-state index in [2.05, 4.69) is 12.1 Å². The lowest BCUT2D eigenvalue weighted by molar-refractivity contribution is -0.109. The van der Waals surface area contributed by atoms with Gasteiger partial charge in [0.1, 0.15) is 0 Å². The van der Waals surface area contributed by atoms with Crippen LogP contribution in [0, 0.1) is 0 Å². The van der Waals surface area contributed by atoms with Crippen molar-refractivity contribution in [1.82, 2.24) is 5.06 Å². The molecule has 0 aromatic heterocycles. The van der Waals surface area contributed by atoms with Gasteiger partial charge in [0.15, 0.2) is 0 Å². The topological polar surface area (TPSA) is 38.5 Å². The number of benzene rings is 1. The molecule has 0 saturated heterocycles. The minimum atomic E-state index is 0.822. The number of nitrogens with zero attached hydrogens (tertiary/aromatic N) is 1. The average Bonchev–Trinajstić information content (AvgIpc) is 2.21. The number of nitrogens with two attached hydrogens (primary N) is 1. The molecule has 0 bridgehead atoms. The highest BCUT2D eigenvalue weighted by Gasteiger charge is 1.96. The third-order valence-electron chi connectivity index (χ3n) is 2.23. The zero-order valence-electron chi connectivity index (χ0n) is 8.86. The molecule has 0 amide bonds. The molecule has 3 nitrogen and oxygen atoms in total. The highest BCUT2D eigenvalue weighted by Crippen LogP contribution is 2.07.